The molecule has 0 atom stereocenters. The van der Waals surface area contributed by atoms with Crippen LogP contribution in [0.3, 0.4) is 0 Å². The van der Waals surface area contributed by atoms with Gasteiger partial charge in [-0.15, -0.1) is 0 Å². The maximum Gasteiger partial charge on any atom is 0.306 e. The van der Waals surface area contributed by atoms with E-state index in [4.69, 9.17) is 0 Å². The second-order valence-electron chi connectivity index (χ2n) is 4.24. The first-order chi connectivity index (χ1) is 7.53. The molecule has 1 saturated heterocycles. The lowest BCUT2D eigenvalue weighted by Crippen LogP contribution is -2.52. The van der Waals surface area contributed by atoms with Crippen molar-refractivity contribution >= 4 is 16.1 Å². The monoisotopic (exact) mass is 247 g/mol. The van der Waals surface area contributed by atoms with Gasteiger partial charge >= 0.3 is 10.2 Å². The molecule has 0 unspecified atom stereocenters. The van der Waals surface area contributed by atoms with E-state index in [-0.39, 0.29) is 11.8 Å². The highest BCUT2D eigenvalue weighted by atomic mass is 32.2. The van der Waals surface area contributed by atoms with Crippen LogP contribution in [0.5, 0.6) is 0 Å². The highest BCUT2D eigenvalue weighted by Crippen LogP contribution is 2.31. The van der Waals surface area contributed by atoms with Crippen LogP contribution in [-0.4, -0.2) is 56.2 Å². The van der Waals surface area contributed by atoms with E-state index in [2.05, 4.69) is 5.32 Å². The number of nitrogens with one attached hydrogen (secondary N) is 1. The Balaban J connectivity index is 2.07. The Morgan fingerprint density at radius 2 is 1.88 bits per heavy atom. The summed E-state index contributed by atoms with van der Waals surface area (Å²) in [5, 5.41) is 3.08. The summed E-state index contributed by atoms with van der Waals surface area (Å²) in [5.74, 6) is -0.332. The van der Waals surface area contributed by atoms with Crippen LogP contribution in [0.25, 0.3) is 0 Å². The van der Waals surface area contributed by atoms with Gasteiger partial charge in [0, 0.05) is 39.1 Å². The number of hydrogen-bond donors (Lipinski definition) is 1. The van der Waals surface area contributed by atoms with Gasteiger partial charge in [-0.1, -0.05) is 0 Å². The zero-order valence-corrected chi connectivity index (χ0v) is 10.2. The SMILES string of the molecule is CN(C(=O)C1CC1)S(=O)(=O)N1CCNCC1. The van der Waals surface area contributed by atoms with E-state index in [1.807, 2.05) is 0 Å². The van der Waals surface area contributed by atoms with Crippen molar-refractivity contribution in [2.24, 2.45) is 5.92 Å². The summed E-state index contributed by atoms with van der Waals surface area (Å²) in [6, 6.07) is 0. The van der Waals surface area contributed by atoms with Crippen LogP contribution in [-0.2, 0) is 15.0 Å². The van der Waals surface area contributed by atoms with Crippen molar-refractivity contribution in [3.63, 3.8) is 0 Å². The van der Waals surface area contributed by atoms with Crippen LogP contribution in [0.15, 0.2) is 0 Å². The molecular weight excluding hydrogens is 230 g/mol. The summed E-state index contributed by atoms with van der Waals surface area (Å²) >= 11 is 0. The van der Waals surface area contributed by atoms with E-state index < -0.39 is 10.2 Å². The molecule has 6 nitrogen and oxygen atoms in total. The Labute approximate surface area is 95.8 Å². The molecule has 2 rings (SSSR count). The van der Waals surface area contributed by atoms with E-state index in [1.165, 1.54) is 11.4 Å². The number of rotatable bonds is 3. The number of amides is 1. The van der Waals surface area contributed by atoms with Gasteiger partial charge in [-0.2, -0.15) is 12.7 Å². The van der Waals surface area contributed by atoms with Crippen LogP contribution >= 0.6 is 0 Å². The molecule has 7 heteroatoms. The van der Waals surface area contributed by atoms with Crippen molar-refractivity contribution in [1.82, 2.24) is 13.9 Å². The van der Waals surface area contributed by atoms with Crippen LogP contribution in [0, 0.1) is 5.92 Å². The van der Waals surface area contributed by atoms with E-state index >= 15 is 0 Å². The average Bonchev–Trinajstić information content (AvgIpc) is 3.12. The van der Waals surface area contributed by atoms with Gasteiger partial charge in [-0.05, 0) is 12.8 Å². The minimum atomic E-state index is -3.59. The van der Waals surface area contributed by atoms with Gasteiger partial charge in [0.15, 0.2) is 0 Å². The molecule has 0 spiro atoms. The quantitative estimate of drug-likeness (QED) is 0.695. The molecule has 1 aliphatic carbocycles. The maximum absolute atomic E-state index is 12.1. The van der Waals surface area contributed by atoms with E-state index in [1.54, 1.807) is 0 Å². The van der Waals surface area contributed by atoms with Gasteiger partial charge in [0.05, 0.1) is 0 Å². The van der Waals surface area contributed by atoms with Gasteiger partial charge in [0.25, 0.3) is 0 Å². The Morgan fingerprint density at radius 1 is 1.31 bits per heavy atom. The van der Waals surface area contributed by atoms with Crippen molar-refractivity contribution in [2.75, 3.05) is 33.2 Å². The largest absolute Gasteiger partial charge is 0.314 e. The summed E-state index contributed by atoms with van der Waals surface area (Å²) in [6.45, 7) is 2.16. The molecule has 0 aromatic heterocycles. The van der Waals surface area contributed by atoms with Gasteiger partial charge in [0.2, 0.25) is 5.91 Å². The molecule has 1 amide bonds. The van der Waals surface area contributed by atoms with Crippen LogP contribution in [0.1, 0.15) is 12.8 Å². The molecule has 0 aromatic rings. The maximum atomic E-state index is 12.1. The Kier molecular flexibility index (Phi) is 3.18. The molecular formula is C9H17N3O3S. The fourth-order valence-electron chi connectivity index (χ4n) is 1.75. The molecule has 1 heterocycles. The minimum Gasteiger partial charge on any atom is -0.314 e. The molecule has 16 heavy (non-hydrogen) atoms. The molecule has 0 bridgehead atoms. The van der Waals surface area contributed by atoms with Gasteiger partial charge < -0.3 is 5.32 Å². The molecule has 0 radical (unpaired) electrons. The van der Waals surface area contributed by atoms with Gasteiger partial charge in [-0.25, -0.2) is 4.31 Å². The minimum absolute atomic E-state index is 0.0670. The zero-order chi connectivity index (χ0) is 11.8. The first-order valence-electron chi connectivity index (χ1n) is 5.52. The first-order valence-corrected chi connectivity index (χ1v) is 6.92. The smallest absolute Gasteiger partial charge is 0.306 e. The van der Waals surface area contributed by atoms with Crippen molar-refractivity contribution < 1.29 is 13.2 Å². The number of hydrogen-bond acceptors (Lipinski definition) is 4. The predicted octanol–water partition coefficient (Wildman–Crippen LogP) is -0.995. The summed E-state index contributed by atoms with van der Waals surface area (Å²) in [7, 11) is -2.23. The Hall–Kier alpha value is -0.660. The molecule has 92 valence electrons. The summed E-state index contributed by atoms with van der Waals surface area (Å²) in [4.78, 5) is 11.7. The number of carbonyl (C=O) groups is 1. The van der Waals surface area contributed by atoms with Crippen LogP contribution < -0.4 is 5.32 Å². The molecule has 2 fully saturated rings. The molecule has 1 N–H and O–H groups in total. The third kappa shape index (κ3) is 2.21. The van der Waals surface area contributed by atoms with E-state index in [9.17, 15) is 13.2 Å². The molecule has 1 aliphatic heterocycles. The predicted molar refractivity (Wildman–Crippen MR) is 58.9 cm³/mol. The molecule has 0 aromatic carbocycles. The van der Waals surface area contributed by atoms with Crippen molar-refractivity contribution in [3.05, 3.63) is 0 Å². The molecule has 1 saturated carbocycles. The highest BCUT2D eigenvalue weighted by molar-refractivity contribution is 7.87. The fourth-order valence-corrected chi connectivity index (χ4v) is 3.12. The number of nitrogens with zero attached hydrogens (tertiary/aromatic N) is 2. The zero-order valence-electron chi connectivity index (χ0n) is 9.35. The van der Waals surface area contributed by atoms with Crippen molar-refractivity contribution in [2.45, 2.75) is 12.8 Å². The topological polar surface area (TPSA) is 69.7 Å². The lowest BCUT2D eigenvalue weighted by atomic mass is 10.4. The average molecular weight is 247 g/mol. The first kappa shape index (κ1) is 11.8. The Bertz CT molecular complexity index is 371. The van der Waals surface area contributed by atoms with E-state index in [0.29, 0.717) is 26.2 Å². The number of carbonyl (C=O) groups excluding carboxylic acids is 1. The number of piperazine rings is 1. The third-order valence-corrected chi connectivity index (χ3v) is 4.88. The highest BCUT2D eigenvalue weighted by Gasteiger charge is 2.39. The van der Waals surface area contributed by atoms with Crippen molar-refractivity contribution in [1.29, 1.82) is 0 Å². The lowest BCUT2D eigenvalue weighted by Gasteiger charge is -2.30. The molecule has 2 aliphatic rings. The van der Waals surface area contributed by atoms with Crippen LogP contribution in [0.4, 0.5) is 0 Å². The van der Waals surface area contributed by atoms with Gasteiger partial charge in [-0.3, -0.25) is 4.79 Å². The van der Waals surface area contributed by atoms with Crippen LogP contribution in [0.2, 0.25) is 0 Å². The second kappa shape index (κ2) is 4.31. The van der Waals surface area contributed by atoms with E-state index in [0.717, 1.165) is 17.1 Å². The second-order valence-corrected chi connectivity index (χ2v) is 6.20. The summed E-state index contributed by atoms with van der Waals surface area (Å²) < 4.78 is 26.4. The normalized spacial score (nSPS) is 23.1. The standard InChI is InChI=1S/C9H17N3O3S/c1-11(9(13)8-2-3-8)16(14,15)12-6-4-10-5-7-12/h8,10H,2-7H2,1H3. The fraction of sp³-hybridized carbons (Fsp3) is 0.889. The third-order valence-electron chi connectivity index (χ3n) is 2.99. The summed E-state index contributed by atoms with van der Waals surface area (Å²) in [6.07, 6.45) is 1.64. The Morgan fingerprint density at radius 3 is 2.38 bits per heavy atom. The van der Waals surface area contributed by atoms with Crippen molar-refractivity contribution in [3.8, 4) is 0 Å². The summed E-state index contributed by atoms with van der Waals surface area (Å²) in [5.41, 5.74) is 0. The van der Waals surface area contributed by atoms with Gasteiger partial charge in [0.1, 0.15) is 0 Å². The lowest BCUT2D eigenvalue weighted by molar-refractivity contribution is -0.127.